The maximum atomic E-state index is 12.9. The molecule has 150 valence electrons. The molecule has 2 N–H and O–H groups in total. The lowest BCUT2D eigenvalue weighted by Crippen LogP contribution is -2.58. The zero-order chi connectivity index (χ0) is 20.4. The SMILES string of the molecule is O=C(c1ccccc1)N1CCC2(CC1)C(=O)NCN2C(=O)Cc1ccc(O)cc1. The van der Waals surface area contributed by atoms with Gasteiger partial charge in [-0.1, -0.05) is 30.3 Å². The number of rotatable bonds is 3. The molecular formula is C22H23N3O4. The van der Waals surface area contributed by atoms with E-state index < -0.39 is 5.54 Å². The van der Waals surface area contributed by atoms with E-state index in [0.717, 1.165) is 5.56 Å². The van der Waals surface area contributed by atoms with E-state index in [1.165, 1.54) is 0 Å². The van der Waals surface area contributed by atoms with Crippen LogP contribution in [0.3, 0.4) is 0 Å². The summed E-state index contributed by atoms with van der Waals surface area (Å²) in [5, 5.41) is 12.2. The Morgan fingerprint density at radius 3 is 2.31 bits per heavy atom. The fraction of sp³-hybridized carbons (Fsp3) is 0.318. The largest absolute Gasteiger partial charge is 0.508 e. The van der Waals surface area contributed by atoms with Gasteiger partial charge in [-0.3, -0.25) is 14.4 Å². The average Bonchev–Trinajstić information content (AvgIpc) is 3.06. The van der Waals surface area contributed by atoms with Crippen molar-refractivity contribution in [2.75, 3.05) is 19.8 Å². The topological polar surface area (TPSA) is 90.0 Å². The smallest absolute Gasteiger partial charge is 0.253 e. The van der Waals surface area contributed by atoms with Crippen LogP contribution in [0.4, 0.5) is 0 Å². The van der Waals surface area contributed by atoms with Crippen LogP contribution in [-0.2, 0) is 16.0 Å². The molecule has 3 amide bonds. The van der Waals surface area contributed by atoms with Crippen LogP contribution in [0, 0.1) is 0 Å². The molecule has 1 spiro atoms. The van der Waals surface area contributed by atoms with Gasteiger partial charge in [0.15, 0.2) is 0 Å². The van der Waals surface area contributed by atoms with Crippen LogP contribution >= 0.6 is 0 Å². The molecule has 2 aromatic rings. The van der Waals surface area contributed by atoms with E-state index >= 15 is 0 Å². The zero-order valence-electron chi connectivity index (χ0n) is 16.0. The van der Waals surface area contributed by atoms with E-state index in [1.807, 2.05) is 18.2 Å². The van der Waals surface area contributed by atoms with Crippen LogP contribution in [0.25, 0.3) is 0 Å². The quantitative estimate of drug-likeness (QED) is 0.828. The lowest BCUT2D eigenvalue weighted by Gasteiger charge is -2.42. The lowest BCUT2D eigenvalue weighted by molar-refractivity contribution is -0.142. The van der Waals surface area contributed by atoms with Crippen molar-refractivity contribution in [3.63, 3.8) is 0 Å². The minimum absolute atomic E-state index is 0.0548. The van der Waals surface area contributed by atoms with Crippen molar-refractivity contribution in [3.8, 4) is 5.75 Å². The van der Waals surface area contributed by atoms with Crippen molar-refractivity contribution < 1.29 is 19.5 Å². The molecule has 2 fully saturated rings. The van der Waals surface area contributed by atoms with E-state index in [1.54, 1.807) is 46.2 Å². The van der Waals surface area contributed by atoms with Crippen molar-refractivity contribution in [2.45, 2.75) is 24.8 Å². The third-order valence-corrected chi connectivity index (χ3v) is 5.83. The number of nitrogens with zero attached hydrogens (tertiary/aromatic N) is 2. The standard InChI is InChI=1S/C22H23N3O4/c26-18-8-6-16(7-9-18)14-19(27)25-15-23-21(29)22(25)10-12-24(13-11-22)20(28)17-4-2-1-3-5-17/h1-9,26H,10-15H2,(H,23,29). The zero-order valence-corrected chi connectivity index (χ0v) is 16.0. The second-order valence-corrected chi connectivity index (χ2v) is 7.52. The van der Waals surface area contributed by atoms with Gasteiger partial charge in [-0.05, 0) is 42.7 Å². The molecule has 2 aromatic carbocycles. The molecule has 0 radical (unpaired) electrons. The highest BCUT2D eigenvalue weighted by Crippen LogP contribution is 2.33. The van der Waals surface area contributed by atoms with Gasteiger partial charge >= 0.3 is 0 Å². The van der Waals surface area contributed by atoms with Gasteiger partial charge in [-0.15, -0.1) is 0 Å². The normalized spacial score (nSPS) is 18.0. The molecule has 2 saturated heterocycles. The summed E-state index contributed by atoms with van der Waals surface area (Å²) in [6, 6.07) is 15.6. The summed E-state index contributed by atoms with van der Waals surface area (Å²) in [5.74, 6) is -0.202. The number of aromatic hydroxyl groups is 1. The molecular weight excluding hydrogens is 370 g/mol. The molecule has 0 bridgehead atoms. The van der Waals surface area contributed by atoms with Gasteiger partial charge < -0.3 is 20.2 Å². The molecule has 2 aliphatic rings. The molecule has 4 rings (SSSR count). The van der Waals surface area contributed by atoms with Crippen molar-refractivity contribution in [1.82, 2.24) is 15.1 Å². The number of hydrogen-bond acceptors (Lipinski definition) is 4. The molecule has 29 heavy (non-hydrogen) atoms. The summed E-state index contributed by atoms with van der Waals surface area (Å²) in [6.45, 7) is 1.02. The fourth-order valence-corrected chi connectivity index (χ4v) is 4.14. The van der Waals surface area contributed by atoms with E-state index in [4.69, 9.17) is 0 Å². The summed E-state index contributed by atoms with van der Waals surface area (Å²) in [4.78, 5) is 41.7. The molecule has 7 heteroatoms. The second-order valence-electron chi connectivity index (χ2n) is 7.52. The van der Waals surface area contributed by atoms with Crippen LogP contribution in [0.1, 0.15) is 28.8 Å². The maximum absolute atomic E-state index is 12.9. The van der Waals surface area contributed by atoms with Gasteiger partial charge in [-0.25, -0.2) is 0 Å². The minimum Gasteiger partial charge on any atom is -0.508 e. The van der Waals surface area contributed by atoms with Crippen molar-refractivity contribution in [3.05, 3.63) is 65.7 Å². The first-order valence-corrected chi connectivity index (χ1v) is 9.71. The molecule has 0 unspecified atom stereocenters. The number of carbonyl (C=O) groups excluding carboxylic acids is 3. The highest BCUT2D eigenvalue weighted by Gasteiger charge is 2.52. The third kappa shape index (κ3) is 3.55. The minimum atomic E-state index is -0.901. The van der Waals surface area contributed by atoms with E-state index in [0.29, 0.717) is 31.5 Å². The first-order chi connectivity index (χ1) is 14.0. The summed E-state index contributed by atoms with van der Waals surface area (Å²) in [6.07, 6.45) is 0.987. The predicted molar refractivity (Wildman–Crippen MR) is 106 cm³/mol. The number of carbonyl (C=O) groups is 3. The predicted octanol–water partition coefficient (Wildman–Crippen LogP) is 1.53. The second kappa shape index (κ2) is 7.58. The number of amides is 3. The highest BCUT2D eigenvalue weighted by atomic mass is 16.3. The average molecular weight is 393 g/mol. The van der Waals surface area contributed by atoms with Gasteiger partial charge in [-0.2, -0.15) is 0 Å². The maximum Gasteiger partial charge on any atom is 0.253 e. The Morgan fingerprint density at radius 2 is 1.66 bits per heavy atom. The summed E-state index contributed by atoms with van der Waals surface area (Å²) in [5.41, 5.74) is 0.500. The van der Waals surface area contributed by atoms with Crippen LogP contribution in [0.2, 0.25) is 0 Å². The first kappa shape index (κ1) is 19.0. The van der Waals surface area contributed by atoms with Crippen LogP contribution in [0.15, 0.2) is 54.6 Å². The molecule has 7 nitrogen and oxygen atoms in total. The van der Waals surface area contributed by atoms with Gasteiger partial charge in [0.05, 0.1) is 13.1 Å². The van der Waals surface area contributed by atoms with Gasteiger partial charge in [0.2, 0.25) is 11.8 Å². The number of piperidine rings is 1. The Balaban J connectivity index is 1.46. The van der Waals surface area contributed by atoms with Gasteiger partial charge in [0.25, 0.3) is 5.91 Å². The van der Waals surface area contributed by atoms with Crippen LogP contribution in [0.5, 0.6) is 5.75 Å². The molecule has 0 saturated carbocycles. The van der Waals surface area contributed by atoms with Gasteiger partial charge in [0.1, 0.15) is 11.3 Å². The van der Waals surface area contributed by atoms with Gasteiger partial charge in [0, 0.05) is 18.7 Å². The summed E-state index contributed by atoms with van der Waals surface area (Å²) in [7, 11) is 0. The molecule has 0 atom stereocenters. The number of phenols is 1. The Bertz CT molecular complexity index is 919. The van der Waals surface area contributed by atoms with Crippen LogP contribution < -0.4 is 5.32 Å². The number of hydrogen-bond donors (Lipinski definition) is 2. The number of benzene rings is 2. The Kier molecular flexibility index (Phi) is 4.96. The number of likely N-dealkylation sites (tertiary alicyclic amines) is 1. The van der Waals surface area contributed by atoms with E-state index in [9.17, 15) is 19.5 Å². The number of phenolic OH excluding ortho intramolecular Hbond substituents is 1. The Labute approximate surface area is 168 Å². The molecule has 0 aromatic heterocycles. The molecule has 2 heterocycles. The number of nitrogens with one attached hydrogen (secondary N) is 1. The first-order valence-electron chi connectivity index (χ1n) is 9.71. The Hall–Kier alpha value is -3.35. The fourth-order valence-electron chi connectivity index (χ4n) is 4.14. The van der Waals surface area contributed by atoms with E-state index in [2.05, 4.69) is 5.32 Å². The molecule has 0 aliphatic carbocycles. The molecule has 2 aliphatic heterocycles. The third-order valence-electron chi connectivity index (χ3n) is 5.83. The summed E-state index contributed by atoms with van der Waals surface area (Å²) >= 11 is 0. The lowest BCUT2D eigenvalue weighted by atomic mass is 9.85. The monoisotopic (exact) mass is 393 g/mol. The summed E-state index contributed by atoms with van der Waals surface area (Å²) < 4.78 is 0. The van der Waals surface area contributed by atoms with Crippen molar-refractivity contribution in [2.24, 2.45) is 0 Å². The Morgan fingerprint density at radius 1 is 1.00 bits per heavy atom. The highest BCUT2D eigenvalue weighted by molar-refractivity contribution is 5.96. The van der Waals surface area contributed by atoms with Crippen molar-refractivity contribution >= 4 is 17.7 Å². The van der Waals surface area contributed by atoms with E-state index in [-0.39, 0.29) is 36.6 Å². The van der Waals surface area contributed by atoms with Crippen molar-refractivity contribution in [1.29, 1.82) is 0 Å². The van der Waals surface area contributed by atoms with Crippen LogP contribution in [-0.4, -0.2) is 57.9 Å².